The zero-order valence-corrected chi connectivity index (χ0v) is 12.3. The predicted molar refractivity (Wildman–Crippen MR) is 82.7 cm³/mol. The summed E-state index contributed by atoms with van der Waals surface area (Å²) in [5.41, 5.74) is 3.14. The van der Waals surface area contributed by atoms with E-state index in [1.807, 2.05) is 37.3 Å². The molecule has 20 heavy (non-hydrogen) atoms. The van der Waals surface area contributed by atoms with Gasteiger partial charge in [-0.2, -0.15) is 0 Å². The number of fused-ring (bicyclic) bond motifs is 1. The largest absolute Gasteiger partial charge is 0.493 e. The lowest BCUT2D eigenvalue weighted by Crippen LogP contribution is -1.94. The maximum Gasteiger partial charge on any atom is 0.127 e. The first kappa shape index (κ1) is 13.3. The van der Waals surface area contributed by atoms with Crippen molar-refractivity contribution in [2.24, 2.45) is 0 Å². The summed E-state index contributed by atoms with van der Waals surface area (Å²) in [7, 11) is 0. The molecule has 0 unspecified atom stereocenters. The van der Waals surface area contributed by atoms with E-state index in [9.17, 15) is 0 Å². The van der Waals surface area contributed by atoms with Crippen LogP contribution < -0.4 is 4.74 Å². The molecule has 0 saturated heterocycles. The van der Waals surface area contributed by atoms with Crippen LogP contribution in [0.2, 0.25) is 10.0 Å². The number of imidazole rings is 1. The minimum atomic E-state index is 0.529. The van der Waals surface area contributed by atoms with Gasteiger partial charge >= 0.3 is 0 Å². The monoisotopic (exact) mass is 306 g/mol. The van der Waals surface area contributed by atoms with E-state index in [0.717, 1.165) is 22.4 Å². The minimum absolute atomic E-state index is 0.529. The van der Waals surface area contributed by atoms with Crippen LogP contribution in [0.15, 0.2) is 36.7 Å². The molecule has 3 aromatic rings. The second kappa shape index (κ2) is 5.35. The highest BCUT2D eigenvalue weighted by Gasteiger charge is 2.17. The molecule has 0 aliphatic carbocycles. The van der Waals surface area contributed by atoms with Gasteiger partial charge in [0.25, 0.3) is 0 Å². The summed E-state index contributed by atoms with van der Waals surface area (Å²) in [6.45, 7) is 2.52. The molecular weight excluding hydrogens is 295 g/mol. The van der Waals surface area contributed by atoms with E-state index in [4.69, 9.17) is 27.9 Å². The number of benzene rings is 2. The van der Waals surface area contributed by atoms with E-state index in [-0.39, 0.29) is 0 Å². The van der Waals surface area contributed by atoms with Gasteiger partial charge in [0, 0.05) is 11.1 Å². The molecule has 1 N–H and O–H groups in total. The Bertz CT molecular complexity index is 768. The van der Waals surface area contributed by atoms with Crippen molar-refractivity contribution >= 4 is 34.2 Å². The van der Waals surface area contributed by atoms with Crippen molar-refractivity contribution in [3.8, 4) is 16.9 Å². The topological polar surface area (TPSA) is 37.9 Å². The Morgan fingerprint density at radius 3 is 2.85 bits per heavy atom. The van der Waals surface area contributed by atoms with Crippen LogP contribution in [0.25, 0.3) is 22.2 Å². The number of para-hydroxylation sites is 1. The third-order valence-corrected chi connectivity index (χ3v) is 3.73. The summed E-state index contributed by atoms with van der Waals surface area (Å²) in [5, 5.41) is 1.10. The SMILES string of the molecule is CCOc1ccccc1-c1c(Cl)cc2[nH]cnc2c1Cl. The Morgan fingerprint density at radius 1 is 1.25 bits per heavy atom. The van der Waals surface area contributed by atoms with Gasteiger partial charge in [0.15, 0.2) is 0 Å². The number of hydrogen-bond donors (Lipinski definition) is 1. The van der Waals surface area contributed by atoms with Crippen LogP contribution in [0.3, 0.4) is 0 Å². The Morgan fingerprint density at radius 2 is 2.05 bits per heavy atom. The fourth-order valence-corrected chi connectivity index (χ4v) is 2.92. The second-order valence-corrected chi connectivity index (χ2v) is 5.06. The number of rotatable bonds is 3. The van der Waals surface area contributed by atoms with Gasteiger partial charge in [-0.1, -0.05) is 41.4 Å². The quantitative estimate of drug-likeness (QED) is 0.744. The van der Waals surface area contributed by atoms with Gasteiger partial charge in [-0.05, 0) is 19.1 Å². The third-order valence-electron chi connectivity index (χ3n) is 3.06. The molecule has 3 rings (SSSR count). The summed E-state index contributed by atoms with van der Waals surface area (Å²) in [6.07, 6.45) is 1.60. The van der Waals surface area contributed by atoms with Crippen molar-refractivity contribution in [2.75, 3.05) is 6.61 Å². The number of ether oxygens (including phenoxy) is 1. The molecule has 102 valence electrons. The smallest absolute Gasteiger partial charge is 0.127 e. The highest BCUT2D eigenvalue weighted by molar-refractivity contribution is 6.42. The summed E-state index contributed by atoms with van der Waals surface area (Å²) >= 11 is 12.9. The lowest BCUT2D eigenvalue weighted by Gasteiger charge is -2.13. The summed E-state index contributed by atoms with van der Waals surface area (Å²) in [6, 6.07) is 9.52. The number of aromatic nitrogens is 2. The van der Waals surface area contributed by atoms with E-state index in [1.54, 1.807) is 6.33 Å². The first-order valence-corrected chi connectivity index (χ1v) is 7.01. The zero-order valence-electron chi connectivity index (χ0n) is 10.8. The normalized spacial score (nSPS) is 10.9. The van der Waals surface area contributed by atoms with Crippen molar-refractivity contribution in [1.82, 2.24) is 9.97 Å². The van der Waals surface area contributed by atoms with Crippen LogP contribution in [0.5, 0.6) is 5.75 Å². The minimum Gasteiger partial charge on any atom is -0.493 e. The molecular formula is C15H12Cl2N2O. The van der Waals surface area contributed by atoms with E-state index in [2.05, 4.69) is 9.97 Å². The first-order chi connectivity index (χ1) is 9.72. The van der Waals surface area contributed by atoms with Crippen LogP contribution in [-0.4, -0.2) is 16.6 Å². The molecule has 2 aromatic carbocycles. The lowest BCUT2D eigenvalue weighted by molar-refractivity contribution is 0.341. The van der Waals surface area contributed by atoms with E-state index < -0.39 is 0 Å². The van der Waals surface area contributed by atoms with Crippen LogP contribution in [0.1, 0.15) is 6.92 Å². The van der Waals surface area contributed by atoms with Gasteiger partial charge in [-0.3, -0.25) is 0 Å². The summed E-state index contributed by atoms with van der Waals surface area (Å²) in [5.74, 6) is 0.758. The first-order valence-electron chi connectivity index (χ1n) is 6.25. The van der Waals surface area contributed by atoms with Gasteiger partial charge in [0.1, 0.15) is 11.3 Å². The molecule has 0 amide bonds. The van der Waals surface area contributed by atoms with Crippen molar-refractivity contribution < 1.29 is 4.74 Å². The fraction of sp³-hybridized carbons (Fsp3) is 0.133. The Hall–Kier alpha value is -1.71. The number of halogens is 2. The molecule has 1 heterocycles. The number of nitrogens with zero attached hydrogens (tertiary/aromatic N) is 1. The Kier molecular flexibility index (Phi) is 3.55. The van der Waals surface area contributed by atoms with Crippen LogP contribution in [0, 0.1) is 0 Å². The molecule has 0 aliphatic rings. The van der Waals surface area contributed by atoms with E-state index >= 15 is 0 Å². The molecule has 1 aromatic heterocycles. The number of aromatic amines is 1. The fourth-order valence-electron chi connectivity index (χ4n) is 2.21. The molecule has 0 radical (unpaired) electrons. The van der Waals surface area contributed by atoms with Crippen LogP contribution in [0.4, 0.5) is 0 Å². The number of nitrogens with one attached hydrogen (secondary N) is 1. The van der Waals surface area contributed by atoms with E-state index in [1.165, 1.54) is 0 Å². The zero-order chi connectivity index (χ0) is 14.1. The molecule has 0 bridgehead atoms. The Labute approximate surface area is 126 Å². The molecule has 0 atom stereocenters. The highest BCUT2D eigenvalue weighted by atomic mass is 35.5. The average Bonchev–Trinajstić information content (AvgIpc) is 2.89. The maximum absolute atomic E-state index is 6.47. The lowest BCUT2D eigenvalue weighted by atomic mass is 10.0. The van der Waals surface area contributed by atoms with Gasteiger partial charge in [0.2, 0.25) is 0 Å². The van der Waals surface area contributed by atoms with Crippen molar-refractivity contribution in [3.63, 3.8) is 0 Å². The van der Waals surface area contributed by atoms with Gasteiger partial charge in [-0.15, -0.1) is 0 Å². The molecule has 5 heteroatoms. The van der Waals surface area contributed by atoms with Gasteiger partial charge < -0.3 is 9.72 Å². The summed E-state index contributed by atoms with van der Waals surface area (Å²) < 4.78 is 5.65. The molecule has 0 aliphatic heterocycles. The highest BCUT2D eigenvalue weighted by Crippen LogP contribution is 2.42. The van der Waals surface area contributed by atoms with E-state index in [0.29, 0.717) is 22.2 Å². The van der Waals surface area contributed by atoms with Crippen molar-refractivity contribution in [2.45, 2.75) is 6.92 Å². The molecule has 0 saturated carbocycles. The number of H-pyrrole nitrogens is 1. The Balaban J connectivity index is 2.29. The van der Waals surface area contributed by atoms with Crippen LogP contribution >= 0.6 is 23.2 Å². The molecule has 0 fully saturated rings. The summed E-state index contributed by atoms with van der Waals surface area (Å²) in [4.78, 5) is 7.24. The number of hydrogen-bond acceptors (Lipinski definition) is 2. The second-order valence-electron chi connectivity index (χ2n) is 4.28. The van der Waals surface area contributed by atoms with Crippen LogP contribution in [-0.2, 0) is 0 Å². The van der Waals surface area contributed by atoms with Gasteiger partial charge in [0.05, 0.1) is 28.5 Å². The average molecular weight is 307 g/mol. The van der Waals surface area contributed by atoms with Crippen molar-refractivity contribution in [3.05, 3.63) is 46.7 Å². The maximum atomic E-state index is 6.47. The standard InChI is InChI=1S/C15H12Cl2N2O/c1-2-20-12-6-4-3-5-9(12)13-10(16)7-11-15(14(13)17)19-8-18-11/h3-8H,2H2,1H3,(H,18,19). The molecule has 0 spiro atoms. The predicted octanol–water partition coefficient (Wildman–Crippen LogP) is 4.94. The van der Waals surface area contributed by atoms with Crippen molar-refractivity contribution in [1.29, 1.82) is 0 Å². The third kappa shape index (κ3) is 2.13. The van der Waals surface area contributed by atoms with Gasteiger partial charge in [-0.25, -0.2) is 4.98 Å². The molecule has 3 nitrogen and oxygen atoms in total.